The van der Waals surface area contributed by atoms with E-state index in [1.54, 1.807) is 11.0 Å². The standard InChI is InChI=1S/C23H26N2O3/c26-21(22(27)24-19-9-2-1-3-10-19)20-11-6-14-25(20)23(28)18-13-12-16-7-4-5-8-17(16)15-18/h4-5,7-8,12-13,15,19-20H,1-3,6,9-11,14H2,(H,24,27)/t20-/m0/s1. The molecule has 2 aromatic rings. The summed E-state index contributed by atoms with van der Waals surface area (Å²) >= 11 is 0. The molecule has 0 aromatic heterocycles. The van der Waals surface area contributed by atoms with Gasteiger partial charge in [0.2, 0.25) is 5.78 Å². The van der Waals surface area contributed by atoms with E-state index in [9.17, 15) is 14.4 Å². The van der Waals surface area contributed by atoms with Crippen LogP contribution in [0.4, 0.5) is 0 Å². The Morgan fingerprint density at radius 1 is 0.857 bits per heavy atom. The highest BCUT2D eigenvalue weighted by atomic mass is 16.2. The minimum Gasteiger partial charge on any atom is -0.347 e. The smallest absolute Gasteiger partial charge is 0.289 e. The van der Waals surface area contributed by atoms with Gasteiger partial charge in [0.05, 0.1) is 0 Å². The molecule has 2 amide bonds. The predicted molar refractivity (Wildman–Crippen MR) is 108 cm³/mol. The fourth-order valence-electron chi connectivity index (χ4n) is 4.43. The monoisotopic (exact) mass is 378 g/mol. The fraction of sp³-hybridized carbons (Fsp3) is 0.435. The van der Waals surface area contributed by atoms with E-state index in [4.69, 9.17) is 0 Å². The van der Waals surface area contributed by atoms with Crippen molar-refractivity contribution in [3.8, 4) is 0 Å². The molecule has 1 atom stereocenters. The van der Waals surface area contributed by atoms with Gasteiger partial charge in [-0.1, -0.05) is 49.6 Å². The molecular weight excluding hydrogens is 352 g/mol. The van der Waals surface area contributed by atoms with Gasteiger partial charge < -0.3 is 10.2 Å². The number of likely N-dealkylation sites (tertiary alicyclic amines) is 1. The number of benzene rings is 2. The maximum atomic E-state index is 13.1. The van der Waals surface area contributed by atoms with Crippen molar-refractivity contribution in [1.29, 1.82) is 0 Å². The summed E-state index contributed by atoms with van der Waals surface area (Å²) in [5.74, 6) is -1.18. The quantitative estimate of drug-likeness (QED) is 0.829. The van der Waals surface area contributed by atoms with E-state index in [0.717, 1.165) is 42.9 Å². The molecule has 1 aliphatic heterocycles. The summed E-state index contributed by atoms with van der Waals surface area (Å²) in [5, 5.41) is 4.95. The lowest BCUT2D eigenvalue weighted by molar-refractivity contribution is -0.140. The highest BCUT2D eigenvalue weighted by Crippen LogP contribution is 2.24. The third kappa shape index (κ3) is 3.79. The first-order valence-corrected chi connectivity index (χ1v) is 10.3. The minimum absolute atomic E-state index is 0.0937. The first kappa shape index (κ1) is 18.7. The molecule has 0 unspecified atom stereocenters. The van der Waals surface area contributed by atoms with Crippen molar-refractivity contribution in [1.82, 2.24) is 10.2 Å². The molecule has 28 heavy (non-hydrogen) atoms. The van der Waals surface area contributed by atoms with Crippen LogP contribution in [0.1, 0.15) is 55.3 Å². The fourth-order valence-corrected chi connectivity index (χ4v) is 4.43. The summed E-state index contributed by atoms with van der Waals surface area (Å²) in [6.07, 6.45) is 6.54. The normalized spacial score (nSPS) is 20.3. The predicted octanol–water partition coefficient (Wildman–Crippen LogP) is 3.46. The second-order valence-electron chi connectivity index (χ2n) is 7.89. The topological polar surface area (TPSA) is 66.5 Å². The lowest BCUT2D eigenvalue weighted by Gasteiger charge is -2.26. The van der Waals surface area contributed by atoms with Crippen LogP contribution in [0.2, 0.25) is 0 Å². The van der Waals surface area contributed by atoms with Crippen LogP contribution in [0.3, 0.4) is 0 Å². The van der Waals surface area contributed by atoms with Crippen LogP contribution in [0, 0.1) is 0 Å². The van der Waals surface area contributed by atoms with Crippen molar-refractivity contribution in [2.24, 2.45) is 0 Å². The van der Waals surface area contributed by atoms with Crippen molar-refractivity contribution in [2.75, 3.05) is 6.54 Å². The zero-order valence-electron chi connectivity index (χ0n) is 16.0. The molecule has 2 fully saturated rings. The number of carbonyl (C=O) groups excluding carboxylic acids is 3. The summed E-state index contributed by atoms with van der Waals surface area (Å²) in [7, 11) is 0. The number of carbonyl (C=O) groups is 3. The zero-order chi connectivity index (χ0) is 19.5. The second kappa shape index (κ2) is 8.13. The van der Waals surface area contributed by atoms with Gasteiger partial charge in [-0.25, -0.2) is 0 Å². The third-order valence-corrected chi connectivity index (χ3v) is 5.98. The molecule has 5 heteroatoms. The number of amides is 2. The van der Waals surface area contributed by atoms with Crippen molar-refractivity contribution in [3.05, 3.63) is 48.0 Å². The Labute approximate surface area is 165 Å². The van der Waals surface area contributed by atoms with Crippen LogP contribution < -0.4 is 5.32 Å². The number of hydrogen-bond donors (Lipinski definition) is 1. The molecule has 1 heterocycles. The van der Waals surface area contributed by atoms with Gasteiger partial charge in [-0.05, 0) is 48.6 Å². The first-order chi connectivity index (χ1) is 13.6. The van der Waals surface area contributed by atoms with Crippen LogP contribution in [0.25, 0.3) is 10.8 Å². The average Bonchev–Trinajstić information content (AvgIpc) is 3.22. The van der Waals surface area contributed by atoms with Crippen LogP contribution in [0.15, 0.2) is 42.5 Å². The summed E-state index contributed by atoms with van der Waals surface area (Å²) < 4.78 is 0. The van der Waals surface area contributed by atoms with Gasteiger partial charge in [-0.2, -0.15) is 0 Å². The number of fused-ring (bicyclic) bond motifs is 1. The zero-order valence-corrected chi connectivity index (χ0v) is 16.0. The molecule has 2 aliphatic rings. The van der Waals surface area contributed by atoms with E-state index in [1.165, 1.54) is 6.42 Å². The van der Waals surface area contributed by atoms with Gasteiger partial charge in [0.15, 0.2) is 0 Å². The van der Waals surface area contributed by atoms with Gasteiger partial charge >= 0.3 is 0 Å². The Balaban J connectivity index is 1.47. The number of ketones is 1. The lowest BCUT2D eigenvalue weighted by atomic mass is 9.95. The molecule has 1 saturated heterocycles. The van der Waals surface area contributed by atoms with E-state index in [-0.39, 0.29) is 11.9 Å². The molecule has 146 valence electrons. The van der Waals surface area contributed by atoms with Crippen molar-refractivity contribution in [3.63, 3.8) is 0 Å². The number of rotatable bonds is 4. The maximum absolute atomic E-state index is 13.1. The summed E-state index contributed by atoms with van der Waals surface area (Å²) in [6.45, 7) is 0.513. The van der Waals surface area contributed by atoms with Gasteiger partial charge in [-0.15, -0.1) is 0 Å². The second-order valence-corrected chi connectivity index (χ2v) is 7.89. The summed E-state index contributed by atoms with van der Waals surface area (Å²) in [6, 6.07) is 12.9. The van der Waals surface area contributed by atoms with Gasteiger partial charge in [0.25, 0.3) is 11.8 Å². The summed E-state index contributed by atoms with van der Waals surface area (Å²) in [5.41, 5.74) is 0.561. The summed E-state index contributed by atoms with van der Waals surface area (Å²) in [4.78, 5) is 39.9. The van der Waals surface area contributed by atoms with E-state index in [0.29, 0.717) is 18.5 Å². The van der Waals surface area contributed by atoms with E-state index >= 15 is 0 Å². The Morgan fingerprint density at radius 3 is 2.39 bits per heavy atom. The molecule has 5 nitrogen and oxygen atoms in total. The molecule has 1 N–H and O–H groups in total. The van der Waals surface area contributed by atoms with Gasteiger partial charge in [0.1, 0.15) is 6.04 Å². The van der Waals surface area contributed by atoms with Crippen molar-refractivity contribution >= 4 is 28.4 Å². The molecule has 2 aromatic carbocycles. The van der Waals surface area contributed by atoms with Gasteiger partial charge in [0, 0.05) is 18.2 Å². The Hall–Kier alpha value is -2.69. The minimum atomic E-state index is -0.650. The van der Waals surface area contributed by atoms with Gasteiger partial charge in [-0.3, -0.25) is 14.4 Å². The maximum Gasteiger partial charge on any atom is 0.289 e. The number of nitrogens with zero attached hydrogens (tertiary/aromatic N) is 1. The van der Waals surface area contributed by atoms with Crippen molar-refractivity contribution < 1.29 is 14.4 Å². The highest BCUT2D eigenvalue weighted by Gasteiger charge is 2.38. The Bertz CT molecular complexity index is 902. The van der Waals surface area contributed by atoms with E-state index < -0.39 is 17.7 Å². The number of hydrogen-bond acceptors (Lipinski definition) is 3. The largest absolute Gasteiger partial charge is 0.347 e. The highest BCUT2D eigenvalue weighted by molar-refractivity contribution is 6.38. The Morgan fingerprint density at radius 2 is 1.61 bits per heavy atom. The van der Waals surface area contributed by atoms with Crippen LogP contribution in [-0.4, -0.2) is 41.1 Å². The molecule has 4 rings (SSSR count). The Kier molecular flexibility index (Phi) is 5.42. The molecule has 0 spiro atoms. The van der Waals surface area contributed by atoms with E-state index in [1.807, 2.05) is 36.4 Å². The number of Topliss-reactive ketones (excluding diaryl/α,β-unsaturated/α-hetero) is 1. The van der Waals surface area contributed by atoms with Crippen molar-refractivity contribution in [2.45, 2.75) is 57.0 Å². The molecule has 0 radical (unpaired) electrons. The molecule has 0 bridgehead atoms. The van der Waals surface area contributed by atoms with Crippen LogP contribution in [0.5, 0.6) is 0 Å². The van der Waals surface area contributed by atoms with Crippen LogP contribution >= 0.6 is 0 Å². The molecular formula is C23H26N2O3. The SMILES string of the molecule is O=C(NC1CCCCC1)C(=O)[C@@H]1CCCN1C(=O)c1ccc2ccccc2c1. The third-order valence-electron chi connectivity index (χ3n) is 5.98. The first-order valence-electron chi connectivity index (χ1n) is 10.3. The molecule has 1 saturated carbocycles. The van der Waals surface area contributed by atoms with Crippen LogP contribution in [-0.2, 0) is 9.59 Å². The lowest BCUT2D eigenvalue weighted by Crippen LogP contribution is -2.49. The van der Waals surface area contributed by atoms with E-state index in [2.05, 4.69) is 5.32 Å². The number of nitrogens with one attached hydrogen (secondary N) is 1. The molecule has 1 aliphatic carbocycles. The average molecular weight is 378 g/mol.